The smallest absolute Gasteiger partial charge is 0.406 e. The van der Waals surface area contributed by atoms with Gasteiger partial charge in [0.1, 0.15) is 5.75 Å². The minimum atomic E-state index is -4.85. The maximum Gasteiger partial charge on any atom is 0.573 e. The molecule has 0 heterocycles. The van der Waals surface area contributed by atoms with Gasteiger partial charge in [-0.3, -0.25) is 0 Å². The molecule has 1 nitrogen and oxygen atoms in total. The van der Waals surface area contributed by atoms with Gasteiger partial charge in [-0.25, -0.2) is 8.78 Å². The fourth-order valence-electron chi connectivity index (χ4n) is 1.62. The van der Waals surface area contributed by atoms with E-state index in [9.17, 15) is 22.0 Å². The van der Waals surface area contributed by atoms with E-state index in [0.717, 1.165) is 24.3 Å². The Hall–Kier alpha value is -1.82. The first-order valence-electron chi connectivity index (χ1n) is 5.27. The summed E-state index contributed by atoms with van der Waals surface area (Å²) in [5, 5.41) is -0.184. The molecule has 2 aromatic carbocycles. The quantitative estimate of drug-likeness (QED) is 0.694. The van der Waals surface area contributed by atoms with E-state index in [1.807, 2.05) is 0 Å². The second kappa shape index (κ2) is 5.28. The molecular weight excluding hydrogens is 303 g/mol. The molecule has 106 valence electrons. The van der Waals surface area contributed by atoms with Gasteiger partial charge in [-0.05, 0) is 24.3 Å². The molecule has 2 rings (SSSR count). The van der Waals surface area contributed by atoms with E-state index in [-0.39, 0.29) is 16.1 Å². The fraction of sp³-hybridized carbons (Fsp3) is 0.0769. The molecule has 0 amide bonds. The van der Waals surface area contributed by atoms with Gasteiger partial charge in [0.25, 0.3) is 0 Å². The van der Waals surface area contributed by atoms with E-state index < -0.39 is 23.7 Å². The summed E-state index contributed by atoms with van der Waals surface area (Å²) in [6, 6.07) is 6.44. The van der Waals surface area contributed by atoms with E-state index in [1.54, 1.807) is 0 Å². The Morgan fingerprint density at radius 3 is 2.25 bits per heavy atom. The van der Waals surface area contributed by atoms with Gasteiger partial charge in [0.15, 0.2) is 11.6 Å². The monoisotopic (exact) mass is 308 g/mol. The van der Waals surface area contributed by atoms with E-state index >= 15 is 0 Å². The third kappa shape index (κ3) is 3.19. The average Bonchev–Trinajstić information content (AvgIpc) is 2.31. The summed E-state index contributed by atoms with van der Waals surface area (Å²) in [4.78, 5) is 0. The summed E-state index contributed by atoms with van der Waals surface area (Å²) in [5.74, 6) is -2.74. The number of halogens is 6. The second-order valence-corrected chi connectivity index (χ2v) is 4.20. The molecule has 0 saturated heterocycles. The Kier molecular flexibility index (Phi) is 3.85. The lowest BCUT2D eigenvalue weighted by Gasteiger charge is -2.11. The molecule has 0 bridgehead atoms. The highest BCUT2D eigenvalue weighted by atomic mass is 35.5. The molecule has 0 N–H and O–H groups in total. The van der Waals surface area contributed by atoms with Gasteiger partial charge in [0, 0.05) is 11.1 Å². The van der Waals surface area contributed by atoms with E-state index in [4.69, 9.17) is 11.6 Å². The molecule has 2 aromatic rings. The first kappa shape index (κ1) is 14.6. The third-order valence-corrected chi connectivity index (χ3v) is 2.73. The molecule has 0 aromatic heterocycles. The Morgan fingerprint density at radius 2 is 1.65 bits per heavy atom. The van der Waals surface area contributed by atoms with Crippen molar-refractivity contribution in [2.75, 3.05) is 0 Å². The van der Waals surface area contributed by atoms with Crippen LogP contribution in [0.25, 0.3) is 11.1 Å². The Labute approximate surface area is 115 Å². The van der Waals surface area contributed by atoms with Crippen LogP contribution in [0, 0.1) is 11.6 Å². The number of hydrogen-bond acceptors (Lipinski definition) is 1. The molecule has 0 atom stereocenters. The molecule has 0 fully saturated rings. The molecule has 0 unspecified atom stereocenters. The van der Waals surface area contributed by atoms with Crippen LogP contribution in [0.2, 0.25) is 5.02 Å². The lowest BCUT2D eigenvalue weighted by molar-refractivity contribution is -0.274. The molecule has 0 aliphatic rings. The second-order valence-electron chi connectivity index (χ2n) is 3.79. The highest BCUT2D eigenvalue weighted by Gasteiger charge is 2.31. The van der Waals surface area contributed by atoms with Gasteiger partial charge < -0.3 is 4.74 Å². The number of rotatable bonds is 2. The number of alkyl halides is 3. The standard InChI is InChI=1S/C13H6ClF5O/c14-10-6-7(20-13(17,18)19)4-5-8(10)9-2-1-3-11(15)12(9)16/h1-6H. The predicted octanol–water partition coefficient (Wildman–Crippen LogP) is 5.18. The maximum absolute atomic E-state index is 13.6. The summed E-state index contributed by atoms with van der Waals surface area (Å²) in [6.07, 6.45) is -4.85. The summed E-state index contributed by atoms with van der Waals surface area (Å²) in [6.45, 7) is 0. The number of benzene rings is 2. The molecule has 0 aliphatic heterocycles. The Balaban J connectivity index is 2.42. The van der Waals surface area contributed by atoms with Crippen molar-refractivity contribution in [3.8, 4) is 16.9 Å². The van der Waals surface area contributed by atoms with Gasteiger partial charge in [0.05, 0.1) is 5.02 Å². The third-order valence-electron chi connectivity index (χ3n) is 2.42. The molecule has 7 heteroatoms. The van der Waals surface area contributed by atoms with Crippen LogP contribution >= 0.6 is 11.6 Å². The minimum absolute atomic E-state index is 0.0678. The number of ether oxygens (including phenoxy) is 1. The average molecular weight is 309 g/mol. The van der Waals surface area contributed by atoms with Crippen molar-refractivity contribution >= 4 is 11.6 Å². The summed E-state index contributed by atoms with van der Waals surface area (Å²) in [5.41, 5.74) is -0.0771. The van der Waals surface area contributed by atoms with Crippen molar-refractivity contribution in [1.82, 2.24) is 0 Å². The van der Waals surface area contributed by atoms with Crippen LogP contribution in [0.3, 0.4) is 0 Å². The lowest BCUT2D eigenvalue weighted by atomic mass is 10.0. The highest BCUT2D eigenvalue weighted by molar-refractivity contribution is 6.33. The molecule has 0 radical (unpaired) electrons. The summed E-state index contributed by atoms with van der Waals surface area (Å²) >= 11 is 5.78. The first-order chi connectivity index (χ1) is 9.28. The molecule has 0 spiro atoms. The normalized spacial score (nSPS) is 11.5. The van der Waals surface area contributed by atoms with Crippen LogP contribution in [0.15, 0.2) is 36.4 Å². The van der Waals surface area contributed by atoms with E-state index in [0.29, 0.717) is 0 Å². The van der Waals surface area contributed by atoms with Crippen LogP contribution in [0.5, 0.6) is 5.75 Å². The zero-order chi connectivity index (χ0) is 14.9. The fourth-order valence-corrected chi connectivity index (χ4v) is 1.90. The van der Waals surface area contributed by atoms with Gasteiger partial charge in [-0.1, -0.05) is 23.7 Å². The maximum atomic E-state index is 13.6. The van der Waals surface area contributed by atoms with Crippen LogP contribution in [-0.4, -0.2) is 6.36 Å². The van der Waals surface area contributed by atoms with E-state index in [1.165, 1.54) is 12.1 Å². The van der Waals surface area contributed by atoms with Crippen molar-refractivity contribution < 1.29 is 26.7 Å². The van der Waals surface area contributed by atoms with E-state index in [2.05, 4.69) is 4.74 Å². The lowest BCUT2D eigenvalue weighted by Crippen LogP contribution is -2.17. The van der Waals surface area contributed by atoms with Gasteiger partial charge in [0.2, 0.25) is 0 Å². The largest absolute Gasteiger partial charge is 0.573 e. The van der Waals surface area contributed by atoms with Crippen LogP contribution in [0.4, 0.5) is 22.0 Å². The van der Waals surface area contributed by atoms with Gasteiger partial charge in [-0.15, -0.1) is 13.2 Å². The summed E-state index contributed by atoms with van der Waals surface area (Å²) < 4.78 is 66.5. The summed E-state index contributed by atoms with van der Waals surface area (Å²) in [7, 11) is 0. The topological polar surface area (TPSA) is 9.23 Å². The SMILES string of the molecule is Fc1cccc(-c2ccc(OC(F)(F)F)cc2Cl)c1F. The first-order valence-corrected chi connectivity index (χ1v) is 5.65. The van der Waals surface area contributed by atoms with Crippen molar-refractivity contribution in [1.29, 1.82) is 0 Å². The Bertz CT molecular complexity index is 639. The predicted molar refractivity (Wildman–Crippen MR) is 63.5 cm³/mol. The zero-order valence-corrected chi connectivity index (χ0v) is 10.4. The van der Waals surface area contributed by atoms with Crippen molar-refractivity contribution in [3.63, 3.8) is 0 Å². The Morgan fingerprint density at radius 1 is 0.950 bits per heavy atom. The molecule has 0 saturated carbocycles. The van der Waals surface area contributed by atoms with Crippen LogP contribution in [-0.2, 0) is 0 Å². The van der Waals surface area contributed by atoms with Crippen molar-refractivity contribution in [2.45, 2.75) is 6.36 Å². The van der Waals surface area contributed by atoms with Crippen LogP contribution < -0.4 is 4.74 Å². The molecule has 0 aliphatic carbocycles. The minimum Gasteiger partial charge on any atom is -0.406 e. The molecular formula is C13H6ClF5O. The van der Waals surface area contributed by atoms with Crippen molar-refractivity contribution in [3.05, 3.63) is 53.1 Å². The number of hydrogen-bond donors (Lipinski definition) is 0. The zero-order valence-electron chi connectivity index (χ0n) is 9.64. The van der Waals surface area contributed by atoms with Crippen LogP contribution in [0.1, 0.15) is 0 Å². The van der Waals surface area contributed by atoms with Gasteiger partial charge in [-0.2, -0.15) is 0 Å². The molecule has 20 heavy (non-hydrogen) atoms. The highest BCUT2D eigenvalue weighted by Crippen LogP contribution is 2.34. The van der Waals surface area contributed by atoms with Gasteiger partial charge >= 0.3 is 6.36 Å². The van der Waals surface area contributed by atoms with Crippen molar-refractivity contribution in [2.24, 2.45) is 0 Å².